The fourth-order valence-electron chi connectivity index (χ4n) is 3.07. The predicted molar refractivity (Wildman–Crippen MR) is 98.6 cm³/mol. The van der Waals surface area contributed by atoms with Gasteiger partial charge >= 0.3 is 0 Å². The summed E-state index contributed by atoms with van der Waals surface area (Å²) in [5.74, 6) is 1.61. The van der Waals surface area contributed by atoms with Crippen LogP contribution in [0.4, 0.5) is 5.95 Å². The van der Waals surface area contributed by atoms with Crippen LogP contribution in [0.15, 0.2) is 30.5 Å². The molecule has 138 valence electrons. The molecule has 0 saturated heterocycles. The van der Waals surface area contributed by atoms with E-state index in [9.17, 15) is 4.79 Å². The van der Waals surface area contributed by atoms with E-state index in [1.165, 1.54) is 12.8 Å². The minimum Gasteiger partial charge on any atom is -0.493 e. The lowest BCUT2D eigenvalue weighted by molar-refractivity contribution is 0.0933. The van der Waals surface area contributed by atoms with Gasteiger partial charge in [0, 0.05) is 18.8 Å². The first-order valence-corrected chi connectivity index (χ1v) is 8.78. The Morgan fingerprint density at radius 2 is 1.92 bits per heavy atom. The van der Waals surface area contributed by atoms with E-state index in [4.69, 9.17) is 9.47 Å². The van der Waals surface area contributed by atoms with E-state index < -0.39 is 0 Å². The van der Waals surface area contributed by atoms with Crippen LogP contribution in [0.25, 0.3) is 0 Å². The fourth-order valence-corrected chi connectivity index (χ4v) is 3.07. The summed E-state index contributed by atoms with van der Waals surface area (Å²) in [5, 5.41) is 6.18. The van der Waals surface area contributed by atoms with Gasteiger partial charge in [0.05, 0.1) is 14.2 Å². The first-order chi connectivity index (χ1) is 12.7. The highest BCUT2D eigenvalue weighted by atomic mass is 16.5. The molecule has 0 aliphatic heterocycles. The Balaban J connectivity index is 1.62. The number of aromatic nitrogens is 2. The van der Waals surface area contributed by atoms with Gasteiger partial charge in [0.1, 0.15) is 5.69 Å². The van der Waals surface area contributed by atoms with Crippen LogP contribution in [0.2, 0.25) is 0 Å². The van der Waals surface area contributed by atoms with E-state index in [2.05, 4.69) is 20.6 Å². The largest absolute Gasteiger partial charge is 0.493 e. The van der Waals surface area contributed by atoms with Gasteiger partial charge < -0.3 is 20.1 Å². The van der Waals surface area contributed by atoms with Crippen molar-refractivity contribution in [2.24, 2.45) is 0 Å². The highest BCUT2D eigenvalue weighted by Gasteiger charge is 2.18. The maximum atomic E-state index is 12.3. The lowest BCUT2D eigenvalue weighted by Gasteiger charge is -2.12. The number of ether oxygens (including phenoxy) is 2. The summed E-state index contributed by atoms with van der Waals surface area (Å²) < 4.78 is 10.5. The van der Waals surface area contributed by atoms with Crippen LogP contribution in [0.1, 0.15) is 41.7 Å². The Labute approximate surface area is 153 Å². The number of benzene rings is 1. The number of methoxy groups -OCH3 is 2. The molecule has 1 aliphatic carbocycles. The molecular formula is C19H24N4O3. The summed E-state index contributed by atoms with van der Waals surface area (Å²) in [6.07, 6.45) is 6.02. The molecule has 0 unspecified atom stereocenters. The minimum absolute atomic E-state index is 0.145. The van der Waals surface area contributed by atoms with Gasteiger partial charge in [-0.25, -0.2) is 9.97 Å². The van der Waals surface area contributed by atoms with E-state index in [0.29, 0.717) is 29.7 Å². The minimum atomic E-state index is -0.145. The number of rotatable bonds is 7. The van der Waals surface area contributed by atoms with Crippen molar-refractivity contribution in [3.05, 3.63) is 41.7 Å². The average Bonchev–Trinajstić information content (AvgIpc) is 3.19. The summed E-state index contributed by atoms with van der Waals surface area (Å²) in [6, 6.07) is 7.57. The van der Waals surface area contributed by atoms with Crippen LogP contribution < -0.4 is 20.1 Å². The van der Waals surface area contributed by atoms with Crippen molar-refractivity contribution >= 4 is 11.9 Å². The van der Waals surface area contributed by atoms with Crippen molar-refractivity contribution in [2.75, 3.05) is 19.5 Å². The lowest BCUT2D eigenvalue weighted by atomic mass is 10.2. The molecule has 1 aromatic heterocycles. The molecule has 1 saturated carbocycles. The van der Waals surface area contributed by atoms with Crippen molar-refractivity contribution in [3.63, 3.8) is 0 Å². The zero-order valence-corrected chi connectivity index (χ0v) is 15.1. The van der Waals surface area contributed by atoms with Gasteiger partial charge in [-0.05, 0) is 36.6 Å². The second-order valence-corrected chi connectivity index (χ2v) is 6.26. The highest BCUT2D eigenvalue weighted by Crippen LogP contribution is 2.27. The third-order valence-electron chi connectivity index (χ3n) is 4.48. The molecule has 0 atom stereocenters. The number of carbonyl (C=O) groups is 1. The number of anilines is 1. The maximum absolute atomic E-state index is 12.3. The molecule has 1 aliphatic rings. The number of nitrogens with zero attached hydrogens (tertiary/aromatic N) is 2. The fraction of sp³-hybridized carbons (Fsp3) is 0.421. The topological polar surface area (TPSA) is 85.4 Å². The SMILES string of the molecule is COc1ccc(CNc2nccc(C(=O)NC3CCCC3)n2)cc1OC. The van der Waals surface area contributed by atoms with Crippen LogP contribution >= 0.6 is 0 Å². The number of hydrogen-bond donors (Lipinski definition) is 2. The molecular weight excluding hydrogens is 332 g/mol. The van der Waals surface area contributed by atoms with Crippen LogP contribution in [-0.2, 0) is 6.54 Å². The molecule has 2 N–H and O–H groups in total. The Morgan fingerprint density at radius 3 is 2.65 bits per heavy atom. The molecule has 0 radical (unpaired) electrons. The maximum Gasteiger partial charge on any atom is 0.270 e. The van der Waals surface area contributed by atoms with E-state index >= 15 is 0 Å². The molecule has 0 bridgehead atoms. The van der Waals surface area contributed by atoms with E-state index in [1.54, 1.807) is 26.5 Å². The third-order valence-corrected chi connectivity index (χ3v) is 4.48. The Morgan fingerprint density at radius 1 is 1.15 bits per heavy atom. The van der Waals surface area contributed by atoms with Crippen LogP contribution in [-0.4, -0.2) is 36.1 Å². The summed E-state index contributed by atoms with van der Waals surface area (Å²) in [6.45, 7) is 0.508. The van der Waals surface area contributed by atoms with Crippen LogP contribution in [0.5, 0.6) is 11.5 Å². The van der Waals surface area contributed by atoms with Crippen molar-refractivity contribution in [1.82, 2.24) is 15.3 Å². The monoisotopic (exact) mass is 356 g/mol. The number of nitrogens with one attached hydrogen (secondary N) is 2. The molecule has 1 amide bonds. The summed E-state index contributed by atoms with van der Waals surface area (Å²) in [5.41, 5.74) is 1.37. The predicted octanol–water partition coefficient (Wildman–Crippen LogP) is 2.78. The van der Waals surface area contributed by atoms with E-state index in [0.717, 1.165) is 18.4 Å². The van der Waals surface area contributed by atoms with E-state index in [-0.39, 0.29) is 11.9 Å². The quantitative estimate of drug-likeness (QED) is 0.793. The number of hydrogen-bond acceptors (Lipinski definition) is 6. The number of carbonyl (C=O) groups excluding carboxylic acids is 1. The first kappa shape index (κ1) is 18.0. The Hall–Kier alpha value is -2.83. The molecule has 0 spiro atoms. The molecule has 1 fully saturated rings. The van der Waals surface area contributed by atoms with E-state index in [1.807, 2.05) is 18.2 Å². The summed E-state index contributed by atoms with van der Waals surface area (Å²) in [4.78, 5) is 20.8. The molecule has 3 rings (SSSR count). The zero-order valence-electron chi connectivity index (χ0n) is 15.1. The van der Waals surface area contributed by atoms with Crippen molar-refractivity contribution in [2.45, 2.75) is 38.3 Å². The summed E-state index contributed by atoms with van der Waals surface area (Å²) >= 11 is 0. The third kappa shape index (κ3) is 4.41. The van der Waals surface area contributed by atoms with Gasteiger partial charge in [-0.3, -0.25) is 4.79 Å². The van der Waals surface area contributed by atoms with Crippen molar-refractivity contribution in [1.29, 1.82) is 0 Å². The molecule has 1 heterocycles. The lowest BCUT2D eigenvalue weighted by Crippen LogP contribution is -2.33. The van der Waals surface area contributed by atoms with Gasteiger partial charge in [-0.2, -0.15) is 0 Å². The van der Waals surface area contributed by atoms with Crippen LogP contribution in [0, 0.1) is 0 Å². The van der Waals surface area contributed by atoms with Crippen molar-refractivity contribution in [3.8, 4) is 11.5 Å². The summed E-state index contributed by atoms with van der Waals surface area (Å²) in [7, 11) is 3.20. The molecule has 1 aromatic carbocycles. The standard InChI is InChI=1S/C19H24N4O3/c1-25-16-8-7-13(11-17(16)26-2)12-21-19-20-10-9-15(23-19)18(24)22-14-5-3-4-6-14/h7-11,14H,3-6,12H2,1-2H3,(H,22,24)(H,20,21,23). The normalized spacial score (nSPS) is 14.1. The van der Waals surface area contributed by atoms with Gasteiger partial charge in [-0.15, -0.1) is 0 Å². The smallest absolute Gasteiger partial charge is 0.270 e. The zero-order chi connectivity index (χ0) is 18.4. The number of amides is 1. The highest BCUT2D eigenvalue weighted by molar-refractivity contribution is 5.92. The Kier molecular flexibility index (Phi) is 5.88. The van der Waals surface area contributed by atoms with Crippen LogP contribution in [0.3, 0.4) is 0 Å². The van der Waals surface area contributed by atoms with Crippen molar-refractivity contribution < 1.29 is 14.3 Å². The molecule has 7 nitrogen and oxygen atoms in total. The average molecular weight is 356 g/mol. The first-order valence-electron chi connectivity index (χ1n) is 8.78. The molecule has 2 aromatic rings. The Bertz CT molecular complexity index is 760. The molecule has 26 heavy (non-hydrogen) atoms. The second kappa shape index (κ2) is 8.51. The van der Waals surface area contributed by atoms with Gasteiger partial charge in [0.2, 0.25) is 5.95 Å². The second-order valence-electron chi connectivity index (χ2n) is 6.26. The van der Waals surface area contributed by atoms with Gasteiger partial charge in [-0.1, -0.05) is 18.9 Å². The van der Waals surface area contributed by atoms with Gasteiger partial charge in [0.25, 0.3) is 5.91 Å². The van der Waals surface area contributed by atoms with Gasteiger partial charge in [0.15, 0.2) is 11.5 Å². The molecule has 7 heteroatoms.